The number of amides is 2. The first kappa shape index (κ1) is 23.4. The van der Waals surface area contributed by atoms with Gasteiger partial charge in [0.25, 0.3) is 5.56 Å². The van der Waals surface area contributed by atoms with E-state index < -0.39 is 0 Å². The summed E-state index contributed by atoms with van der Waals surface area (Å²) in [5, 5.41) is 3.49. The number of nitrogens with one attached hydrogen (secondary N) is 1. The highest BCUT2D eigenvalue weighted by Crippen LogP contribution is 2.21. The van der Waals surface area contributed by atoms with Crippen LogP contribution in [0, 0.1) is 0 Å². The van der Waals surface area contributed by atoms with Gasteiger partial charge in [0.05, 0.1) is 29.1 Å². The molecule has 9 heteroatoms. The first-order valence-electron chi connectivity index (χ1n) is 11.4. The van der Waals surface area contributed by atoms with Crippen molar-refractivity contribution in [3.63, 3.8) is 0 Å². The Morgan fingerprint density at radius 1 is 1.06 bits per heavy atom. The van der Waals surface area contributed by atoms with Crippen LogP contribution < -0.4 is 10.9 Å². The van der Waals surface area contributed by atoms with Gasteiger partial charge in [0.15, 0.2) is 0 Å². The second kappa shape index (κ2) is 10.0. The van der Waals surface area contributed by atoms with Crippen LogP contribution in [0.3, 0.4) is 0 Å². The molecule has 0 aliphatic carbocycles. The number of benzene rings is 2. The van der Waals surface area contributed by atoms with Gasteiger partial charge in [-0.25, -0.2) is 14.6 Å². The molecular weight excluding hydrogens is 434 g/mol. The average Bonchev–Trinajstić information content (AvgIpc) is 2.86. The third kappa shape index (κ3) is 4.79. The molecule has 1 aromatic heterocycles. The number of aromatic nitrogens is 2. The number of fused-ring (bicyclic) bond motifs is 1. The van der Waals surface area contributed by atoms with E-state index in [-0.39, 0.29) is 23.6 Å². The molecule has 9 nitrogen and oxygen atoms in total. The van der Waals surface area contributed by atoms with Gasteiger partial charge in [-0.3, -0.25) is 14.3 Å². The van der Waals surface area contributed by atoms with Crippen molar-refractivity contribution in [1.29, 1.82) is 0 Å². The van der Waals surface area contributed by atoms with E-state index in [1.807, 2.05) is 25.1 Å². The fourth-order valence-corrected chi connectivity index (χ4v) is 4.19. The Morgan fingerprint density at radius 3 is 2.41 bits per heavy atom. The quantitative estimate of drug-likeness (QED) is 0.585. The summed E-state index contributed by atoms with van der Waals surface area (Å²) in [6, 6.07) is 13.8. The predicted octanol–water partition coefficient (Wildman–Crippen LogP) is 3.02. The number of urea groups is 1. The van der Waals surface area contributed by atoms with Crippen molar-refractivity contribution in [2.75, 3.05) is 38.1 Å². The standard InChI is InChI=1S/C25H29N5O4/c1-4-34-24(32)18-9-11-19(12-10-18)26-25(33)30-15-13-29(14-16-30)17(2)22-27-21-8-6-5-7-20(21)23(31)28(22)3/h5-12,17H,4,13-16H2,1-3H3,(H,26,33). The van der Waals surface area contributed by atoms with Crippen LogP contribution in [0.15, 0.2) is 53.3 Å². The van der Waals surface area contributed by atoms with E-state index in [0.717, 1.165) is 0 Å². The van der Waals surface area contributed by atoms with E-state index in [0.29, 0.717) is 60.8 Å². The molecule has 1 aliphatic heterocycles. The summed E-state index contributed by atoms with van der Waals surface area (Å²) < 4.78 is 6.59. The van der Waals surface area contributed by atoms with Crippen LogP contribution in [0.2, 0.25) is 0 Å². The molecule has 0 spiro atoms. The Bertz CT molecular complexity index is 1250. The van der Waals surface area contributed by atoms with Gasteiger partial charge in [-0.05, 0) is 50.2 Å². The van der Waals surface area contributed by atoms with Crippen LogP contribution in [-0.4, -0.2) is 64.1 Å². The Balaban J connectivity index is 1.37. The maximum Gasteiger partial charge on any atom is 0.338 e. The number of esters is 1. The topological polar surface area (TPSA) is 96.8 Å². The molecule has 2 heterocycles. The lowest BCUT2D eigenvalue weighted by molar-refractivity contribution is 0.0526. The lowest BCUT2D eigenvalue weighted by Gasteiger charge is -2.38. The highest BCUT2D eigenvalue weighted by Gasteiger charge is 2.27. The maximum atomic E-state index is 12.8. The Hall–Kier alpha value is -3.72. The summed E-state index contributed by atoms with van der Waals surface area (Å²) in [4.78, 5) is 46.0. The fraction of sp³-hybridized carbons (Fsp3) is 0.360. The van der Waals surface area contributed by atoms with Crippen LogP contribution >= 0.6 is 0 Å². The monoisotopic (exact) mass is 463 g/mol. The zero-order valence-corrected chi connectivity index (χ0v) is 19.7. The number of hydrogen-bond acceptors (Lipinski definition) is 6. The molecule has 178 valence electrons. The summed E-state index contributed by atoms with van der Waals surface area (Å²) >= 11 is 0. The molecule has 3 aromatic rings. The van der Waals surface area contributed by atoms with Gasteiger partial charge in [0.2, 0.25) is 0 Å². The molecule has 2 amide bonds. The van der Waals surface area contributed by atoms with Crippen molar-refractivity contribution >= 4 is 28.6 Å². The van der Waals surface area contributed by atoms with Crippen LogP contribution in [0.4, 0.5) is 10.5 Å². The smallest absolute Gasteiger partial charge is 0.338 e. The minimum Gasteiger partial charge on any atom is -0.462 e. The minimum atomic E-state index is -0.385. The molecule has 0 radical (unpaired) electrons. The lowest BCUT2D eigenvalue weighted by Crippen LogP contribution is -2.51. The maximum absolute atomic E-state index is 12.8. The van der Waals surface area contributed by atoms with E-state index in [2.05, 4.69) is 10.2 Å². The van der Waals surface area contributed by atoms with Gasteiger partial charge in [-0.15, -0.1) is 0 Å². The largest absolute Gasteiger partial charge is 0.462 e. The zero-order valence-electron chi connectivity index (χ0n) is 19.7. The molecule has 4 rings (SSSR count). The fourth-order valence-electron chi connectivity index (χ4n) is 4.19. The van der Waals surface area contributed by atoms with E-state index in [1.54, 1.807) is 53.8 Å². The number of carbonyl (C=O) groups excluding carboxylic acids is 2. The summed E-state index contributed by atoms with van der Waals surface area (Å²) in [7, 11) is 1.75. The Kier molecular flexibility index (Phi) is 6.93. The first-order chi connectivity index (χ1) is 16.4. The van der Waals surface area contributed by atoms with E-state index in [4.69, 9.17) is 9.72 Å². The normalized spacial score (nSPS) is 15.2. The molecule has 1 saturated heterocycles. The van der Waals surface area contributed by atoms with Crippen molar-refractivity contribution in [3.8, 4) is 0 Å². The zero-order chi connectivity index (χ0) is 24.2. The summed E-state index contributed by atoms with van der Waals surface area (Å²) in [6.45, 7) is 6.55. The van der Waals surface area contributed by atoms with E-state index in [1.165, 1.54) is 0 Å². The van der Waals surface area contributed by atoms with Gasteiger partial charge in [-0.2, -0.15) is 0 Å². The Labute approximate surface area is 197 Å². The number of piperazine rings is 1. The minimum absolute atomic E-state index is 0.0561. The number of rotatable bonds is 5. The van der Waals surface area contributed by atoms with Crippen molar-refractivity contribution in [3.05, 3.63) is 70.3 Å². The number of para-hydroxylation sites is 1. The Morgan fingerprint density at radius 2 is 1.74 bits per heavy atom. The van der Waals surface area contributed by atoms with Gasteiger partial charge in [0, 0.05) is 38.9 Å². The molecule has 1 aliphatic rings. The predicted molar refractivity (Wildman–Crippen MR) is 130 cm³/mol. The third-order valence-corrected chi connectivity index (χ3v) is 6.19. The van der Waals surface area contributed by atoms with Gasteiger partial charge >= 0.3 is 12.0 Å². The second-order valence-corrected chi connectivity index (χ2v) is 8.28. The van der Waals surface area contributed by atoms with E-state index >= 15 is 0 Å². The number of nitrogens with zero attached hydrogens (tertiary/aromatic N) is 4. The summed E-state index contributed by atoms with van der Waals surface area (Å²) in [5.74, 6) is 0.326. The molecule has 0 bridgehead atoms. The number of carbonyl (C=O) groups is 2. The van der Waals surface area contributed by atoms with Crippen LogP contribution in [0.5, 0.6) is 0 Å². The molecule has 1 unspecified atom stereocenters. The molecule has 1 atom stereocenters. The third-order valence-electron chi connectivity index (χ3n) is 6.19. The number of ether oxygens (including phenoxy) is 1. The second-order valence-electron chi connectivity index (χ2n) is 8.28. The van der Waals surface area contributed by atoms with Crippen molar-refractivity contribution in [1.82, 2.24) is 19.4 Å². The highest BCUT2D eigenvalue weighted by molar-refractivity contribution is 5.92. The van der Waals surface area contributed by atoms with E-state index in [9.17, 15) is 14.4 Å². The molecule has 1 fully saturated rings. The van der Waals surface area contributed by atoms with Crippen LogP contribution in [-0.2, 0) is 11.8 Å². The van der Waals surface area contributed by atoms with Gasteiger partial charge in [0.1, 0.15) is 5.82 Å². The van der Waals surface area contributed by atoms with Crippen LogP contribution in [0.1, 0.15) is 36.1 Å². The van der Waals surface area contributed by atoms with Crippen molar-refractivity contribution in [2.24, 2.45) is 7.05 Å². The molecule has 0 saturated carbocycles. The molecular formula is C25H29N5O4. The average molecular weight is 464 g/mol. The van der Waals surface area contributed by atoms with Gasteiger partial charge in [-0.1, -0.05) is 12.1 Å². The highest BCUT2D eigenvalue weighted by atomic mass is 16.5. The molecule has 34 heavy (non-hydrogen) atoms. The van der Waals surface area contributed by atoms with Gasteiger partial charge < -0.3 is 15.0 Å². The summed E-state index contributed by atoms with van der Waals surface area (Å²) in [5.41, 5.74) is 1.70. The van der Waals surface area contributed by atoms with Crippen LogP contribution in [0.25, 0.3) is 10.9 Å². The number of anilines is 1. The molecule has 2 aromatic carbocycles. The number of hydrogen-bond donors (Lipinski definition) is 1. The van der Waals surface area contributed by atoms with Crippen molar-refractivity contribution in [2.45, 2.75) is 19.9 Å². The lowest BCUT2D eigenvalue weighted by atomic mass is 10.2. The van der Waals surface area contributed by atoms with Crippen molar-refractivity contribution < 1.29 is 14.3 Å². The molecule has 1 N–H and O–H groups in total. The summed E-state index contributed by atoms with van der Waals surface area (Å²) in [6.07, 6.45) is 0. The first-order valence-corrected chi connectivity index (χ1v) is 11.4. The SMILES string of the molecule is CCOC(=O)c1ccc(NC(=O)N2CCN(C(C)c3nc4ccccc4c(=O)n3C)CC2)cc1.